The molecule has 0 N–H and O–H groups in total. The van der Waals surface area contributed by atoms with Crippen LogP contribution in [0.5, 0.6) is 5.75 Å². The monoisotopic (exact) mass is 301 g/mol. The molecule has 0 unspecified atom stereocenters. The number of halogens is 1. The molecule has 3 nitrogen and oxygen atoms in total. The Morgan fingerprint density at radius 2 is 1.95 bits per heavy atom. The minimum atomic E-state index is -0.428. The highest BCUT2D eigenvalue weighted by atomic mass is 35.5. The maximum absolute atomic E-state index is 12.8. The topological polar surface area (TPSA) is 29.5 Å². The zero-order chi connectivity index (χ0) is 15.0. The van der Waals surface area contributed by atoms with Gasteiger partial charge < -0.3 is 9.64 Å². The first-order valence-electron chi connectivity index (χ1n) is 6.82. The molecule has 0 aliphatic carbocycles. The van der Waals surface area contributed by atoms with Crippen LogP contribution in [0.2, 0.25) is 5.02 Å². The highest BCUT2D eigenvalue weighted by molar-refractivity contribution is 6.31. The van der Waals surface area contributed by atoms with E-state index in [0.29, 0.717) is 17.1 Å². The van der Waals surface area contributed by atoms with Gasteiger partial charge >= 0.3 is 0 Å². The van der Waals surface area contributed by atoms with Crippen molar-refractivity contribution in [2.45, 2.75) is 19.4 Å². The van der Waals surface area contributed by atoms with Gasteiger partial charge in [0, 0.05) is 10.6 Å². The third-order valence-electron chi connectivity index (χ3n) is 3.40. The number of nitrogens with zero attached hydrogens (tertiary/aromatic N) is 1. The Labute approximate surface area is 129 Å². The largest absolute Gasteiger partial charge is 0.484 e. The minimum Gasteiger partial charge on any atom is -0.484 e. The van der Waals surface area contributed by atoms with Crippen LogP contribution in [0.3, 0.4) is 0 Å². The van der Waals surface area contributed by atoms with Crippen LogP contribution in [-0.2, 0) is 0 Å². The maximum atomic E-state index is 12.8. The molecule has 0 bridgehead atoms. The number of para-hydroxylation sites is 2. The summed E-state index contributed by atoms with van der Waals surface area (Å²) < 4.78 is 5.94. The summed E-state index contributed by atoms with van der Waals surface area (Å²) in [5, 5.41) is 0.557. The van der Waals surface area contributed by atoms with Gasteiger partial charge in [-0.1, -0.05) is 29.8 Å². The smallest absolute Gasteiger partial charge is 0.258 e. The fraction of sp³-hybridized carbons (Fsp3) is 0.235. The van der Waals surface area contributed by atoms with Crippen molar-refractivity contribution in [2.24, 2.45) is 0 Å². The van der Waals surface area contributed by atoms with E-state index >= 15 is 0 Å². The van der Waals surface area contributed by atoms with Crippen molar-refractivity contribution in [3.8, 4) is 5.75 Å². The van der Waals surface area contributed by atoms with Gasteiger partial charge in [-0.25, -0.2) is 0 Å². The third kappa shape index (κ3) is 2.74. The molecule has 2 aromatic carbocycles. The summed E-state index contributed by atoms with van der Waals surface area (Å²) >= 11 is 5.99. The normalized spacial score (nSPS) is 16.0. The number of hydrogen-bond donors (Lipinski definition) is 0. The number of rotatable bonds is 1. The van der Waals surface area contributed by atoms with E-state index in [1.165, 1.54) is 0 Å². The SMILES string of the molecule is CC1(C)CN(C(=O)c2cccc(Cl)c2)c2ccccc2O1. The van der Waals surface area contributed by atoms with E-state index in [9.17, 15) is 4.79 Å². The summed E-state index contributed by atoms with van der Waals surface area (Å²) in [7, 11) is 0. The molecule has 1 heterocycles. The van der Waals surface area contributed by atoms with E-state index < -0.39 is 5.60 Å². The summed E-state index contributed by atoms with van der Waals surface area (Å²) in [4.78, 5) is 14.6. The highest BCUT2D eigenvalue weighted by Gasteiger charge is 2.34. The van der Waals surface area contributed by atoms with Gasteiger partial charge in [-0.05, 0) is 44.2 Å². The van der Waals surface area contributed by atoms with Crippen molar-refractivity contribution >= 4 is 23.2 Å². The van der Waals surface area contributed by atoms with Crippen molar-refractivity contribution in [2.75, 3.05) is 11.4 Å². The Balaban J connectivity index is 2.03. The summed E-state index contributed by atoms with van der Waals surface area (Å²) in [6.45, 7) is 4.44. The lowest BCUT2D eigenvalue weighted by Crippen LogP contribution is -2.49. The van der Waals surface area contributed by atoms with Crippen LogP contribution in [0.1, 0.15) is 24.2 Å². The molecule has 0 spiro atoms. The van der Waals surface area contributed by atoms with Crippen LogP contribution in [-0.4, -0.2) is 18.1 Å². The molecule has 21 heavy (non-hydrogen) atoms. The van der Waals surface area contributed by atoms with Crippen molar-refractivity contribution in [1.29, 1.82) is 0 Å². The molecular weight excluding hydrogens is 286 g/mol. The lowest BCUT2D eigenvalue weighted by molar-refractivity contribution is 0.0837. The molecule has 2 aromatic rings. The van der Waals surface area contributed by atoms with Gasteiger partial charge in [0.25, 0.3) is 5.91 Å². The predicted octanol–water partition coefficient (Wildman–Crippen LogP) is 4.16. The summed E-state index contributed by atoms with van der Waals surface area (Å²) in [6, 6.07) is 14.6. The zero-order valence-corrected chi connectivity index (χ0v) is 12.7. The van der Waals surface area contributed by atoms with Gasteiger partial charge in [-0.2, -0.15) is 0 Å². The molecule has 0 radical (unpaired) electrons. The van der Waals surface area contributed by atoms with Crippen LogP contribution in [0.15, 0.2) is 48.5 Å². The number of carbonyl (C=O) groups excluding carboxylic acids is 1. The summed E-state index contributed by atoms with van der Waals surface area (Å²) in [6.07, 6.45) is 0. The standard InChI is InChI=1S/C17H16ClNO2/c1-17(2)11-19(14-8-3-4-9-15(14)21-17)16(20)12-6-5-7-13(18)10-12/h3-10H,11H2,1-2H3. The van der Waals surface area contributed by atoms with E-state index in [2.05, 4.69) is 0 Å². The Bertz CT molecular complexity index is 697. The summed E-state index contributed by atoms with van der Waals surface area (Å²) in [5.41, 5.74) is 0.944. The molecule has 0 aromatic heterocycles. The lowest BCUT2D eigenvalue weighted by Gasteiger charge is -2.39. The van der Waals surface area contributed by atoms with E-state index in [-0.39, 0.29) is 5.91 Å². The van der Waals surface area contributed by atoms with Crippen LogP contribution in [0.25, 0.3) is 0 Å². The average Bonchev–Trinajstić information content (AvgIpc) is 2.44. The molecule has 0 fully saturated rings. The number of ether oxygens (including phenoxy) is 1. The van der Waals surface area contributed by atoms with E-state index in [0.717, 1.165) is 11.4 Å². The van der Waals surface area contributed by atoms with Crippen LogP contribution in [0.4, 0.5) is 5.69 Å². The molecule has 3 rings (SSSR count). The Morgan fingerprint density at radius 1 is 1.19 bits per heavy atom. The number of anilines is 1. The first-order valence-corrected chi connectivity index (χ1v) is 7.20. The van der Waals surface area contributed by atoms with E-state index in [1.54, 1.807) is 29.2 Å². The van der Waals surface area contributed by atoms with E-state index in [4.69, 9.17) is 16.3 Å². The molecule has 1 amide bonds. The number of amides is 1. The van der Waals surface area contributed by atoms with Gasteiger partial charge in [0.05, 0.1) is 12.2 Å². The Hall–Kier alpha value is -2.00. The van der Waals surface area contributed by atoms with Gasteiger partial charge in [-0.15, -0.1) is 0 Å². The third-order valence-corrected chi connectivity index (χ3v) is 3.63. The Morgan fingerprint density at radius 3 is 2.71 bits per heavy atom. The first kappa shape index (κ1) is 14.0. The molecule has 1 aliphatic heterocycles. The maximum Gasteiger partial charge on any atom is 0.258 e. The van der Waals surface area contributed by atoms with Crippen LogP contribution in [0, 0.1) is 0 Å². The molecular formula is C17H16ClNO2. The van der Waals surface area contributed by atoms with Crippen LogP contribution >= 0.6 is 11.6 Å². The molecule has 0 atom stereocenters. The molecule has 0 saturated heterocycles. The van der Waals surface area contributed by atoms with Gasteiger partial charge in [-0.3, -0.25) is 4.79 Å². The van der Waals surface area contributed by atoms with Gasteiger partial charge in [0.1, 0.15) is 11.4 Å². The lowest BCUT2D eigenvalue weighted by atomic mass is 10.0. The number of fused-ring (bicyclic) bond motifs is 1. The first-order chi connectivity index (χ1) is 9.96. The summed E-state index contributed by atoms with van der Waals surface area (Å²) in [5.74, 6) is 0.658. The van der Waals surface area contributed by atoms with E-state index in [1.807, 2.05) is 38.1 Å². The van der Waals surface area contributed by atoms with Crippen LogP contribution < -0.4 is 9.64 Å². The molecule has 4 heteroatoms. The van der Waals surface area contributed by atoms with Crippen molar-refractivity contribution in [1.82, 2.24) is 0 Å². The number of hydrogen-bond acceptors (Lipinski definition) is 2. The fourth-order valence-electron chi connectivity index (χ4n) is 2.52. The fourth-order valence-corrected chi connectivity index (χ4v) is 2.71. The second kappa shape index (κ2) is 5.08. The Kier molecular flexibility index (Phi) is 3.38. The predicted molar refractivity (Wildman–Crippen MR) is 84.3 cm³/mol. The quantitative estimate of drug-likeness (QED) is 0.791. The average molecular weight is 302 g/mol. The van der Waals surface area contributed by atoms with Crippen molar-refractivity contribution in [3.63, 3.8) is 0 Å². The number of benzene rings is 2. The van der Waals surface area contributed by atoms with Gasteiger partial charge in [0.2, 0.25) is 0 Å². The minimum absolute atomic E-state index is 0.0682. The molecule has 108 valence electrons. The second-order valence-corrected chi connectivity index (χ2v) is 6.17. The van der Waals surface area contributed by atoms with Crippen molar-refractivity contribution < 1.29 is 9.53 Å². The van der Waals surface area contributed by atoms with Gasteiger partial charge in [0.15, 0.2) is 0 Å². The zero-order valence-electron chi connectivity index (χ0n) is 12.0. The highest BCUT2D eigenvalue weighted by Crippen LogP contribution is 2.37. The second-order valence-electron chi connectivity index (χ2n) is 5.73. The number of carbonyl (C=O) groups is 1. The van der Waals surface area contributed by atoms with Crippen molar-refractivity contribution in [3.05, 3.63) is 59.1 Å². The molecule has 1 aliphatic rings. The molecule has 0 saturated carbocycles.